The molecular weight excluding hydrogens is 582 g/mol. The van der Waals surface area contributed by atoms with E-state index in [2.05, 4.69) is 0 Å². The zero-order chi connectivity index (χ0) is 30.4. The number of amides is 1. The summed E-state index contributed by atoms with van der Waals surface area (Å²) in [5, 5.41) is 0. The Morgan fingerprint density at radius 1 is 0.927 bits per heavy atom. The van der Waals surface area contributed by atoms with Gasteiger partial charge in [0.1, 0.15) is 24.2 Å². The average Bonchev–Trinajstić information content (AvgIpc) is 3.16. The maximum absolute atomic E-state index is 13.7. The van der Waals surface area contributed by atoms with Gasteiger partial charge in [0.25, 0.3) is 5.91 Å². The smallest absolute Gasteiger partial charge is 0.303 e. The third kappa shape index (κ3) is 7.74. The van der Waals surface area contributed by atoms with Gasteiger partial charge in [0.2, 0.25) is 0 Å². The van der Waals surface area contributed by atoms with E-state index in [1.165, 1.54) is 14.2 Å². The van der Waals surface area contributed by atoms with Crippen molar-refractivity contribution >= 4 is 64.2 Å². The fraction of sp³-hybridized carbons (Fsp3) is 0.462. The van der Waals surface area contributed by atoms with Crippen molar-refractivity contribution in [1.82, 2.24) is 4.90 Å². The second-order valence-corrected chi connectivity index (χ2v) is 10.4. The van der Waals surface area contributed by atoms with Crippen LogP contribution in [0.5, 0.6) is 11.5 Å². The molecule has 0 radical (unpaired) electrons. The average molecular weight is 612 g/mol. The molecule has 1 aromatic carbocycles. The predicted octanol–water partition coefficient (Wildman–Crippen LogP) is 1.99. The van der Waals surface area contributed by atoms with Crippen LogP contribution in [0.4, 0.5) is 0 Å². The van der Waals surface area contributed by atoms with E-state index >= 15 is 0 Å². The van der Waals surface area contributed by atoms with Gasteiger partial charge in [-0.3, -0.25) is 28.9 Å². The van der Waals surface area contributed by atoms with E-state index in [-0.39, 0.29) is 9.23 Å². The number of methoxy groups -OCH3 is 2. The van der Waals surface area contributed by atoms with Gasteiger partial charge in [0.05, 0.1) is 19.1 Å². The molecular formula is C26H29NO12S2. The van der Waals surface area contributed by atoms with Gasteiger partial charge in [0.15, 0.2) is 28.9 Å². The Morgan fingerprint density at radius 2 is 1.54 bits per heavy atom. The summed E-state index contributed by atoms with van der Waals surface area (Å²) in [5.74, 6) is -2.67. The van der Waals surface area contributed by atoms with Crippen molar-refractivity contribution in [2.24, 2.45) is 0 Å². The number of thiocarbonyl (C=S) groups is 1. The lowest BCUT2D eigenvalue weighted by atomic mass is 9.96. The lowest BCUT2D eigenvalue weighted by molar-refractivity contribution is -0.268. The molecule has 1 aromatic rings. The first-order valence-corrected chi connectivity index (χ1v) is 13.4. The van der Waals surface area contributed by atoms with Crippen LogP contribution in [0.15, 0.2) is 23.1 Å². The lowest BCUT2D eigenvalue weighted by Gasteiger charge is -2.46. The summed E-state index contributed by atoms with van der Waals surface area (Å²) in [6.45, 7) is 4.04. The Bertz CT molecular complexity index is 1260. The minimum absolute atomic E-state index is 0.0367. The summed E-state index contributed by atoms with van der Waals surface area (Å²) >= 11 is 6.46. The molecule has 2 aliphatic rings. The Hall–Kier alpha value is -3.69. The van der Waals surface area contributed by atoms with Gasteiger partial charge in [-0.25, -0.2) is 0 Å². The quantitative estimate of drug-likeness (QED) is 0.173. The van der Waals surface area contributed by atoms with Crippen LogP contribution in [0.2, 0.25) is 0 Å². The first-order valence-electron chi connectivity index (χ1n) is 12.2. The maximum Gasteiger partial charge on any atom is 0.303 e. The largest absolute Gasteiger partial charge is 0.497 e. The third-order valence-electron chi connectivity index (χ3n) is 5.77. The second kappa shape index (κ2) is 13.8. The summed E-state index contributed by atoms with van der Waals surface area (Å²) < 4.78 is 38.1. The number of carbonyl (C=O) groups is 5. The molecule has 0 aromatic heterocycles. The minimum atomic E-state index is -1.48. The topological polar surface area (TPSA) is 153 Å². The van der Waals surface area contributed by atoms with E-state index in [1.807, 2.05) is 0 Å². The van der Waals surface area contributed by atoms with E-state index in [4.69, 9.17) is 45.4 Å². The Kier molecular flexibility index (Phi) is 10.7. The van der Waals surface area contributed by atoms with Crippen LogP contribution < -0.4 is 9.47 Å². The summed E-state index contributed by atoms with van der Waals surface area (Å²) in [6, 6.07) is 5.03. The van der Waals surface area contributed by atoms with Crippen LogP contribution in [0, 0.1) is 0 Å². The summed E-state index contributed by atoms with van der Waals surface area (Å²) in [4.78, 5) is 62.8. The molecule has 0 spiro atoms. The molecule has 0 aliphatic carbocycles. The molecule has 2 aliphatic heterocycles. The molecule has 222 valence electrons. The standard InChI is InChI=1S/C26H29NO12S2/c1-12(28)35-11-19-21(36-13(2)29)22(37-14(3)30)23(38-15(4)31)25(39-19)27-24(32)20(41-26(27)40)9-16-7-8-17(33-5)10-18(16)34-6/h7-10,19,21-23,25H,11H2,1-6H3/b20-9+. The highest BCUT2D eigenvalue weighted by atomic mass is 32.2. The molecule has 5 unspecified atom stereocenters. The van der Waals surface area contributed by atoms with Crippen molar-refractivity contribution in [3.63, 3.8) is 0 Å². The number of ether oxygens (including phenoxy) is 7. The number of hydrogen-bond acceptors (Lipinski definition) is 14. The molecule has 1 amide bonds. The minimum Gasteiger partial charge on any atom is -0.497 e. The zero-order valence-electron chi connectivity index (χ0n) is 23.1. The van der Waals surface area contributed by atoms with Gasteiger partial charge in [-0.05, 0) is 18.2 Å². The first-order chi connectivity index (χ1) is 19.4. The molecule has 41 heavy (non-hydrogen) atoms. The van der Waals surface area contributed by atoms with Crippen molar-refractivity contribution in [3.8, 4) is 11.5 Å². The van der Waals surface area contributed by atoms with Gasteiger partial charge in [0, 0.05) is 39.3 Å². The monoisotopic (exact) mass is 611 g/mol. The molecule has 0 N–H and O–H groups in total. The SMILES string of the molecule is COc1ccc(/C=C2/SC(=S)N(C3OC(COC(C)=O)C(OC(C)=O)C(OC(C)=O)C3OC(C)=O)C2=O)c(OC)c1. The van der Waals surface area contributed by atoms with Gasteiger partial charge >= 0.3 is 23.9 Å². The Morgan fingerprint density at radius 3 is 2.10 bits per heavy atom. The van der Waals surface area contributed by atoms with E-state index in [9.17, 15) is 24.0 Å². The van der Waals surface area contributed by atoms with Crippen LogP contribution in [0.25, 0.3) is 6.08 Å². The van der Waals surface area contributed by atoms with Crippen molar-refractivity contribution in [1.29, 1.82) is 0 Å². The molecule has 0 saturated carbocycles. The fourth-order valence-corrected chi connectivity index (χ4v) is 5.49. The van der Waals surface area contributed by atoms with Gasteiger partial charge in [-0.15, -0.1) is 0 Å². The fourth-order valence-electron chi connectivity index (χ4n) is 4.19. The summed E-state index contributed by atoms with van der Waals surface area (Å²) in [5.41, 5.74) is 0.551. The van der Waals surface area contributed by atoms with E-state index in [0.29, 0.717) is 17.1 Å². The highest BCUT2D eigenvalue weighted by Gasteiger charge is 2.56. The van der Waals surface area contributed by atoms with Crippen LogP contribution in [0.3, 0.4) is 0 Å². The van der Waals surface area contributed by atoms with Crippen LogP contribution in [-0.4, -0.2) is 90.5 Å². The third-order valence-corrected chi connectivity index (χ3v) is 7.10. The molecule has 2 heterocycles. The maximum atomic E-state index is 13.7. The van der Waals surface area contributed by atoms with Crippen molar-refractivity contribution in [3.05, 3.63) is 28.7 Å². The molecule has 0 bridgehead atoms. The number of nitrogens with zero attached hydrogens (tertiary/aromatic N) is 1. The van der Waals surface area contributed by atoms with E-state index in [0.717, 1.165) is 44.4 Å². The predicted molar refractivity (Wildman–Crippen MR) is 147 cm³/mol. The Labute approximate surface area is 245 Å². The second-order valence-electron chi connectivity index (χ2n) is 8.75. The van der Waals surface area contributed by atoms with E-state index in [1.54, 1.807) is 24.3 Å². The lowest BCUT2D eigenvalue weighted by Crippen LogP contribution is -2.66. The highest BCUT2D eigenvalue weighted by Crippen LogP contribution is 2.40. The van der Waals surface area contributed by atoms with Crippen LogP contribution >= 0.6 is 24.0 Å². The number of thioether (sulfide) groups is 1. The van der Waals surface area contributed by atoms with Gasteiger partial charge < -0.3 is 33.2 Å². The van der Waals surface area contributed by atoms with Crippen molar-refractivity contribution in [2.45, 2.75) is 58.3 Å². The number of esters is 4. The van der Waals surface area contributed by atoms with Gasteiger partial charge in [-0.2, -0.15) is 0 Å². The van der Waals surface area contributed by atoms with E-state index < -0.39 is 67.0 Å². The summed E-state index contributed by atoms with van der Waals surface area (Å²) in [6.07, 6.45) is -5.43. The number of rotatable bonds is 9. The number of benzene rings is 1. The molecule has 2 saturated heterocycles. The normalized spacial score (nSPS) is 25.0. The van der Waals surface area contributed by atoms with Crippen molar-refractivity contribution < 1.29 is 57.1 Å². The Balaban J connectivity index is 2.07. The van der Waals surface area contributed by atoms with Crippen LogP contribution in [0.1, 0.15) is 33.3 Å². The molecule has 2 fully saturated rings. The van der Waals surface area contributed by atoms with Crippen LogP contribution in [-0.2, 0) is 47.7 Å². The zero-order valence-corrected chi connectivity index (χ0v) is 24.7. The van der Waals surface area contributed by atoms with Crippen molar-refractivity contribution in [2.75, 3.05) is 20.8 Å². The molecule has 3 rings (SSSR count). The van der Waals surface area contributed by atoms with Gasteiger partial charge in [-0.1, -0.05) is 24.0 Å². The number of carbonyl (C=O) groups excluding carboxylic acids is 5. The summed E-state index contributed by atoms with van der Waals surface area (Å²) in [7, 11) is 2.97. The number of hydrogen-bond donors (Lipinski definition) is 0. The highest BCUT2D eigenvalue weighted by molar-refractivity contribution is 8.26. The molecule has 15 heteroatoms. The molecule has 13 nitrogen and oxygen atoms in total. The first kappa shape index (κ1) is 31.8. The molecule has 5 atom stereocenters.